The molecule has 1 fully saturated rings. The van der Waals surface area contributed by atoms with Crippen molar-refractivity contribution in [3.63, 3.8) is 0 Å². The fraction of sp³-hybridized carbons (Fsp3) is 0.923. The maximum Gasteiger partial charge on any atom is 0.334 e. The Hall–Kier alpha value is -0.450. The van der Waals surface area contributed by atoms with E-state index < -0.39 is 0 Å². The maximum absolute atomic E-state index is 12.4. The molecule has 0 saturated heterocycles. The molecule has 0 spiro atoms. The van der Waals surface area contributed by atoms with Crippen LogP contribution in [0.5, 0.6) is 0 Å². The minimum absolute atomic E-state index is 0.258. The van der Waals surface area contributed by atoms with Gasteiger partial charge in [0.2, 0.25) is 0 Å². The van der Waals surface area contributed by atoms with Gasteiger partial charge in [0.15, 0.2) is 0 Å². The molecule has 3 unspecified atom stereocenters. The first-order valence-electron chi connectivity index (χ1n) is 6.78. The van der Waals surface area contributed by atoms with Crippen molar-refractivity contribution in [1.82, 2.24) is 10.3 Å². The Bertz CT molecular complexity index is 243. The van der Waals surface area contributed by atoms with Crippen LogP contribution in [0, 0.1) is 11.8 Å². The van der Waals surface area contributed by atoms with Gasteiger partial charge < -0.3 is 4.90 Å². The van der Waals surface area contributed by atoms with Gasteiger partial charge in [-0.1, -0.05) is 19.8 Å². The molecule has 0 bridgehead atoms. The third-order valence-corrected chi connectivity index (χ3v) is 3.86. The normalized spacial score (nSPS) is 27.1. The van der Waals surface area contributed by atoms with Crippen LogP contribution in [0.1, 0.15) is 32.6 Å². The van der Waals surface area contributed by atoms with Crippen LogP contribution in [0.2, 0.25) is 0 Å². The van der Waals surface area contributed by atoms with E-state index in [1.54, 1.807) is 0 Å². The van der Waals surface area contributed by atoms with Crippen LogP contribution >= 0.6 is 0 Å². The number of carbonyl (C=O) groups is 1. The van der Waals surface area contributed by atoms with Gasteiger partial charge >= 0.3 is 5.91 Å². The van der Waals surface area contributed by atoms with E-state index >= 15 is 0 Å². The summed E-state index contributed by atoms with van der Waals surface area (Å²) >= 11 is 0. The molecule has 4 nitrogen and oxygen atoms in total. The van der Waals surface area contributed by atoms with E-state index in [2.05, 4.69) is 17.2 Å². The van der Waals surface area contributed by atoms with Gasteiger partial charge in [-0.3, -0.25) is 0 Å². The largest absolute Gasteiger partial charge is 0.334 e. The first-order valence-corrected chi connectivity index (χ1v) is 6.78. The van der Waals surface area contributed by atoms with Crippen LogP contribution in [0.15, 0.2) is 0 Å². The van der Waals surface area contributed by atoms with E-state index in [1.807, 2.05) is 21.1 Å². The maximum atomic E-state index is 12.4. The van der Waals surface area contributed by atoms with Gasteiger partial charge in [-0.25, -0.2) is 4.79 Å². The molecule has 0 aromatic heterocycles. The molecule has 3 atom stereocenters. The van der Waals surface area contributed by atoms with Crippen LogP contribution in [-0.2, 0) is 4.79 Å². The highest BCUT2D eigenvalue weighted by molar-refractivity contribution is 5.70. The number of amides is 1. The molecule has 1 aliphatic rings. The Balaban J connectivity index is 2.52. The van der Waals surface area contributed by atoms with Crippen molar-refractivity contribution >= 4 is 5.91 Å². The molecule has 1 amide bonds. The summed E-state index contributed by atoms with van der Waals surface area (Å²) < 4.78 is 0. The first-order chi connectivity index (χ1) is 8.06. The number of likely N-dealkylation sites (N-methyl/N-ethyl adjacent to an activating group) is 1. The second kappa shape index (κ2) is 7.09. The highest BCUT2D eigenvalue weighted by atomic mass is 16.2. The minimum Gasteiger partial charge on any atom is -0.304 e. The number of quaternary nitrogens is 1. The molecule has 0 aromatic carbocycles. The molecule has 0 radical (unpaired) electrons. The van der Waals surface area contributed by atoms with Gasteiger partial charge in [0.05, 0.1) is 5.92 Å². The van der Waals surface area contributed by atoms with Gasteiger partial charge in [0.1, 0.15) is 6.54 Å². The quantitative estimate of drug-likeness (QED) is 0.662. The molecule has 2 N–H and O–H groups in total. The Morgan fingerprint density at radius 1 is 1.35 bits per heavy atom. The second-order valence-corrected chi connectivity index (χ2v) is 5.51. The summed E-state index contributed by atoms with van der Waals surface area (Å²) in [5, 5.41) is 0.914. The molecule has 0 heterocycles. The summed E-state index contributed by atoms with van der Waals surface area (Å²) in [6.07, 6.45) is 4.79. The van der Waals surface area contributed by atoms with E-state index in [1.165, 1.54) is 19.3 Å². The summed E-state index contributed by atoms with van der Waals surface area (Å²) in [5.74, 6) is 1.17. The van der Waals surface area contributed by atoms with Crippen molar-refractivity contribution in [2.24, 2.45) is 11.8 Å². The number of nitrogens with zero attached hydrogens (tertiary/aromatic N) is 1. The number of carbonyl (C=O) groups excluding carboxylic acids is 1. The third-order valence-electron chi connectivity index (χ3n) is 3.86. The predicted octanol–water partition coefficient (Wildman–Crippen LogP) is -0.0798. The lowest BCUT2D eigenvalue weighted by atomic mass is 9.80. The fourth-order valence-electron chi connectivity index (χ4n) is 2.64. The van der Waals surface area contributed by atoms with Crippen molar-refractivity contribution in [3.8, 4) is 0 Å². The molecule has 17 heavy (non-hydrogen) atoms. The zero-order valence-corrected chi connectivity index (χ0v) is 11.8. The van der Waals surface area contributed by atoms with Crippen molar-refractivity contribution in [3.05, 3.63) is 0 Å². The summed E-state index contributed by atoms with van der Waals surface area (Å²) in [6.45, 7) is 4.00. The minimum atomic E-state index is 0.258. The topological polar surface area (TPSA) is 36.8 Å². The van der Waals surface area contributed by atoms with Crippen molar-refractivity contribution < 1.29 is 9.80 Å². The summed E-state index contributed by atoms with van der Waals surface area (Å²) in [5.41, 5.74) is 3.12. The molecular formula is C13H28N3O+. The summed E-state index contributed by atoms with van der Waals surface area (Å²) in [7, 11) is 5.96. The third kappa shape index (κ3) is 4.37. The Morgan fingerprint density at radius 3 is 2.53 bits per heavy atom. The van der Waals surface area contributed by atoms with Gasteiger partial charge in [0, 0.05) is 13.6 Å². The first kappa shape index (κ1) is 14.6. The lowest BCUT2D eigenvalue weighted by Gasteiger charge is -2.29. The van der Waals surface area contributed by atoms with Crippen molar-refractivity contribution in [2.45, 2.75) is 32.6 Å². The molecule has 1 aliphatic carbocycles. The fourth-order valence-corrected chi connectivity index (χ4v) is 2.64. The molecule has 0 aromatic rings. The number of nitrogens with one attached hydrogen (secondary N) is 2. The summed E-state index contributed by atoms with van der Waals surface area (Å²) in [4.78, 5) is 14.6. The van der Waals surface area contributed by atoms with E-state index in [4.69, 9.17) is 0 Å². The molecule has 1 saturated carbocycles. The molecular weight excluding hydrogens is 214 g/mol. The van der Waals surface area contributed by atoms with Crippen LogP contribution in [0.3, 0.4) is 0 Å². The number of rotatable bonds is 5. The van der Waals surface area contributed by atoms with Gasteiger partial charge in [0.25, 0.3) is 0 Å². The van der Waals surface area contributed by atoms with Gasteiger partial charge in [-0.05, 0) is 32.9 Å². The van der Waals surface area contributed by atoms with Gasteiger partial charge in [-0.15, -0.1) is 0 Å². The molecule has 0 aliphatic heterocycles. The number of hydrogen-bond acceptors (Lipinski definition) is 3. The zero-order valence-electron chi connectivity index (χ0n) is 11.8. The SMILES string of the molecule is CN[NH+](CCN(C)C)C(=O)C1CCCCC1C. The van der Waals surface area contributed by atoms with Crippen LogP contribution in [-0.4, -0.2) is 45.0 Å². The standard InChI is InChI=1S/C13H27N3O/c1-11-7-5-6-8-12(11)13(17)16(14-2)10-9-15(3)4/h11-12,14H,5-10H2,1-4H3/p+1. The highest BCUT2D eigenvalue weighted by Crippen LogP contribution is 2.28. The lowest BCUT2D eigenvalue weighted by Crippen LogP contribution is -3.21. The van der Waals surface area contributed by atoms with E-state index in [0.29, 0.717) is 11.8 Å². The van der Waals surface area contributed by atoms with Crippen molar-refractivity contribution in [1.29, 1.82) is 0 Å². The van der Waals surface area contributed by atoms with Gasteiger partial charge in [-0.2, -0.15) is 10.4 Å². The molecule has 4 heteroatoms. The van der Waals surface area contributed by atoms with Crippen LogP contribution in [0.25, 0.3) is 0 Å². The summed E-state index contributed by atoms with van der Waals surface area (Å²) in [6, 6.07) is 0. The second-order valence-electron chi connectivity index (χ2n) is 5.51. The van der Waals surface area contributed by atoms with Crippen molar-refractivity contribution in [2.75, 3.05) is 34.2 Å². The smallest absolute Gasteiger partial charge is 0.304 e. The average Bonchev–Trinajstić information content (AvgIpc) is 2.29. The number of hydrogen-bond donors (Lipinski definition) is 2. The van der Waals surface area contributed by atoms with E-state index in [0.717, 1.165) is 24.5 Å². The lowest BCUT2D eigenvalue weighted by molar-refractivity contribution is -0.867. The van der Waals surface area contributed by atoms with Crippen LogP contribution < -0.4 is 10.4 Å². The Kier molecular flexibility index (Phi) is 6.09. The Morgan fingerprint density at radius 2 is 2.00 bits per heavy atom. The molecule has 1 rings (SSSR count). The predicted molar refractivity (Wildman–Crippen MR) is 69.6 cm³/mol. The zero-order chi connectivity index (χ0) is 12.8. The van der Waals surface area contributed by atoms with E-state index in [-0.39, 0.29) is 5.92 Å². The average molecular weight is 242 g/mol. The molecule has 100 valence electrons. The van der Waals surface area contributed by atoms with Crippen LogP contribution in [0.4, 0.5) is 0 Å². The monoisotopic (exact) mass is 242 g/mol. The van der Waals surface area contributed by atoms with E-state index in [9.17, 15) is 4.79 Å². The highest BCUT2D eigenvalue weighted by Gasteiger charge is 2.34. The Labute approximate surface area is 105 Å².